The molecule has 166 valence electrons. The van der Waals surface area contributed by atoms with Crippen LogP contribution in [-0.4, -0.2) is 0 Å². The van der Waals surface area contributed by atoms with Crippen LogP contribution in [0.1, 0.15) is 0 Å². The largest absolute Gasteiger partial charge is 0.524 e. The van der Waals surface area contributed by atoms with Crippen LogP contribution in [0.4, 0.5) is 0 Å². The minimum Gasteiger partial charge on any atom is -0.394 e. The first-order valence-electron chi connectivity index (χ1n) is 9.83. The monoisotopic (exact) mass is 458 g/mol. The third-order valence-corrected chi connectivity index (χ3v) is 5.33. The maximum atomic E-state index is 12.3. The van der Waals surface area contributed by atoms with Crippen molar-refractivity contribution in [3.05, 3.63) is 103 Å². The second-order valence-electron chi connectivity index (χ2n) is 7.19. The van der Waals surface area contributed by atoms with E-state index in [-0.39, 0.29) is 33.1 Å². The first-order chi connectivity index (χ1) is 16.5. The number of hydrogen-bond acceptors (Lipinski definition) is 10. The Kier molecular flexibility index (Phi) is 4.14. The van der Waals surface area contributed by atoms with E-state index in [1.165, 1.54) is 24.3 Å². The van der Waals surface area contributed by atoms with Gasteiger partial charge in [-0.1, -0.05) is 24.3 Å². The minimum absolute atomic E-state index is 0.0719. The second kappa shape index (κ2) is 7.20. The van der Waals surface area contributed by atoms with Crippen molar-refractivity contribution in [2.45, 2.75) is 0 Å². The third kappa shape index (κ3) is 3.05. The van der Waals surface area contributed by atoms with Crippen molar-refractivity contribution in [1.82, 2.24) is 0 Å². The van der Waals surface area contributed by atoms with Crippen LogP contribution in [0.15, 0.2) is 106 Å². The van der Waals surface area contributed by atoms with Gasteiger partial charge >= 0.3 is 23.3 Å². The zero-order chi connectivity index (χ0) is 23.4. The molecule has 0 radical (unpaired) electrons. The molecule has 7 rings (SSSR count). The topological polar surface area (TPSA) is 147 Å². The molecule has 0 N–H and O–H groups in total. The summed E-state index contributed by atoms with van der Waals surface area (Å²) >= 11 is 0. The molecule has 3 aromatic heterocycles. The van der Waals surface area contributed by atoms with E-state index in [2.05, 4.69) is 8.83 Å². The number of rotatable bonds is 0. The van der Waals surface area contributed by atoms with Gasteiger partial charge in [0, 0.05) is 0 Å². The quantitative estimate of drug-likeness (QED) is 0.325. The van der Waals surface area contributed by atoms with E-state index < -0.39 is 23.3 Å². The molecule has 0 aliphatic heterocycles. The molecule has 10 nitrogen and oxygen atoms in total. The van der Waals surface area contributed by atoms with Crippen molar-refractivity contribution >= 4 is 54.6 Å². The Labute approximate surface area is 184 Å². The molecule has 0 saturated heterocycles. The van der Waals surface area contributed by atoms with E-state index in [1.807, 2.05) is 0 Å². The Balaban J connectivity index is 2.20. The summed E-state index contributed by atoms with van der Waals surface area (Å²) in [7, 11) is 0. The molecule has 0 atom stereocenters. The number of hydrogen-bond donors (Lipinski definition) is 0. The maximum Gasteiger partial charge on any atom is 0.524 e. The molecule has 34 heavy (non-hydrogen) atoms. The molecule has 7 aromatic rings. The molecule has 0 aliphatic carbocycles. The first-order valence-corrected chi connectivity index (χ1v) is 9.83. The fraction of sp³-hybridized carbons (Fsp3) is 0. The van der Waals surface area contributed by atoms with Gasteiger partial charge in [0.1, 0.15) is 22.3 Å². The maximum absolute atomic E-state index is 12.3. The van der Waals surface area contributed by atoms with E-state index in [9.17, 15) is 19.2 Å². The van der Waals surface area contributed by atoms with Crippen molar-refractivity contribution in [2.24, 2.45) is 0 Å². The highest BCUT2D eigenvalue weighted by Gasteiger charge is 2.12. The molecule has 10 bridgehead atoms. The molecular weight excluding hydrogens is 448 g/mol. The highest BCUT2D eigenvalue weighted by molar-refractivity contribution is 6.23. The summed E-state index contributed by atoms with van der Waals surface area (Å²) < 4.78 is 30.2. The Hall–Kier alpha value is -5.12. The van der Waals surface area contributed by atoms with Gasteiger partial charge in [0.05, 0.1) is 10.8 Å². The fourth-order valence-corrected chi connectivity index (χ4v) is 4.07. The van der Waals surface area contributed by atoms with Gasteiger partial charge in [-0.25, -0.2) is 19.2 Å². The summed E-state index contributed by atoms with van der Waals surface area (Å²) in [5.41, 5.74) is -0.290. The predicted molar refractivity (Wildman–Crippen MR) is 119 cm³/mol. The molecule has 0 spiro atoms. The standard InChI is InChI=1S/C24H10O10/c25-21-29-15-5-1-3-13-11-7-9-17(19(13)15)31-23(27)34-24(28)32-18-10-8-12(11)14-4-2-6-16(20(14)18)30-22(26)33-21/h1-10H. The second-order valence-corrected chi connectivity index (χ2v) is 7.19. The Morgan fingerprint density at radius 2 is 0.706 bits per heavy atom. The highest BCUT2D eigenvalue weighted by Crippen LogP contribution is 2.35. The number of fused-ring (bicyclic) bond motifs is 5. The summed E-state index contributed by atoms with van der Waals surface area (Å²) in [6.45, 7) is 0. The van der Waals surface area contributed by atoms with Crippen molar-refractivity contribution < 1.29 is 26.5 Å². The molecular formula is C24H10O10. The van der Waals surface area contributed by atoms with Gasteiger partial charge in [-0.15, -0.1) is 0 Å². The summed E-state index contributed by atoms with van der Waals surface area (Å²) in [6.07, 6.45) is 0. The molecule has 10 heteroatoms. The van der Waals surface area contributed by atoms with E-state index in [1.54, 1.807) is 36.4 Å². The Morgan fingerprint density at radius 3 is 1.09 bits per heavy atom. The SMILES string of the molecule is O=c1oc(=O)oc2cccc3c4ccc(oc(=O)oc(=O)oc5ccc4c4cccc(o1)c54)c23. The lowest BCUT2D eigenvalue weighted by molar-refractivity contribution is 0.266. The van der Waals surface area contributed by atoms with Crippen LogP contribution in [-0.2, 0) is 0 Å². The van der Waals surface area contributed by atoms with E-state index in [4.69, 9.17) is 17.7 Å². The molecule has 0 saturated carbocycles. The molecule has 3 heterocycles. The lowest BCUT2D eigenvalue weighted by atomic mass is 9.98. The summed E-state index contributed by atoms with van der Waals surface area (Å²) in [5.74, 6) is -5.47. The normalized spacial score (nSPS) is 11.4. The molecule has 0 unspecified atom stereocenters. The van der Waals surface area contributed by atoms with Gasteiger partial charge in [-0.2, -0.15) is 0 Å². The van der Waals surface area contributed by atoms with Crippen molar-refractivity contribution in [3.63, 3.8) is 0 Å². The Morgan fingerprint density at radius 1 is 0.353 bits per heavy atom. The van der Waals surface area contributed by atoms with E-state index in [0.717, 1.165) is 0 Å². The predicted octanol–water partition coefficient (Wildman–Crippen LogP) is 4.14. The number of benzene rings is 4. The van der Waals surface area contributed by atoms with E-state index >= 15 is 0 Å². The zero-order valence-electron chi connectivity index (χ0n) is 16.9. The van der Waals surface area contributed by atoms with Gasteiger partial charge in [-0.3, -0.25) is 0 Å². The van der Waals surface area contributed by atoms with Gasteiger partial charge in [0.25, 0.3) is 0 Å². The van der Waals surface area contributed by atoms with Gasteiger partial charge in [0.15, 0.2) is 0 Å². The summed E-state index contributed by atoms with van der Waals surface area (Å²) in [6, 6.07) is 15.8. The molecule has 0 amide bonds. The molecule has 4 aromatic carbocycles. The smallest absolute Gasteiger partial charge is 0.394 e. The average molecular weight is 458 g/mol. The highest BCUT2D eigenvalue weighted by atomic mass is 16.6. The molecule has 0 fully saturated rings. The minimum atomic E-state index is -1.37. The summed E-state index contributed by atoms with van der Waals surface area (Å²) in [5, 5.41) is 2.80. The first kappa shape index (κ1) is 19.6. The van der Waals surface area contributed by atoms with Crippen LogP contribution in [0.3, 0.4) is 0 Å². The van der Waals surface area contributed by atoms with Gasteiger partial charge < -0.3 is 26.5 Å². The van der Waals surface area contributed by atoms with Crippen LogP contribution >= 0.6 is 0 Å². The van der Waals surface area contributed by atoms with Gasteiger partial charge in [0.2, 0.25) is 0 Å². The van der Waals surface area contributed by atoms with Crippen LogP contribution in [0.25, 0.3) is 54.6 Å². The van der Waals surface area contributed by atoms with Crippen LogP contribution in [0.2, 0.25) is 0 Å². The third-order valence-electron chi connectivity index (χ3n) is 5.33. The Bertz CT molecular complexity index is 1960. The summed E-state index contributed by atoms with van der Waals surface area (Å²) in [4.78, 5) is 49.3. The van der Waals surface area contributed by atoms with Crippen molar-refractivity contribution in [3.8, 4) is 0 Å². The van der Waals surface area contributed by atoms with Crippen molar-refractivity contribution in [1.29, 1.82) is 0 Å². The molecule has 0 aliphatic rings. The van der Waals surface area contributed by atoms with Crippen molar-refractivity contribution in [2.75, 3.05) is 0 Å². The lowest BCUT2D eigenvalue weighted by Gasteiger charge is -2.06. The van der Waals surface area contributed by atoms with Gasteiger partial charge in [-0.05, 0) is 57.9 Å². The average Bonchev–Trinajstić information content (AvgIpc) is 2.80. The lowest BCUT2D eigenvalue weighted by Crippen LogP contribution is -2.05. The zero-order valence-corrected chi connectivity index (χ0v) is 16.9. The van der Waals surface area contributed by atoms with Crippen LogP contribution in [0, 0.1) is 0 Å². The fourth-order valence-electron chi connectivity index (χ4n) is 4.07. The van der Waals surface area contributed by atoms with Crippen LogP contribution < -0.4 is 23.3 Å². The van der Waals surface area contributed by atoms with Crippen LogP contribution in [0.5, 0.6) is 0 Å². The van der Waals surface area contributed by atoms with E-state index in [0.29, 0.717) is 21.5 Å².